The summed E-state index contributed by atoms with van der Waals surface area (Å²) in [5, 5.41) is 4.28. The Kier molecular flexibility index (Phi) is 2.23. The Hall–Kier alpha value is -0.360. The van der Waals surface area contributed by atoms with Crippen LogP contribution in [0.15, 0.2) is 4.60 Å². The highest BCUT2D eigenvalue weighted by Crippen LogP contribution is 2.32. The summed E-state index contributed by atoms with van der Waals surface area (Å²) in [6, 6.07) is 0.248. The molecule has 1 aliphatic heterocycles. The molecule has 0 atom stereocenters. The van der Waals surface area contributed by atoms with Crippen LogP contribution in [0.5, 0.6) is 0 Å². The summed E-state index contributed by atoms with van der Waals surface area (Å²) in [5.41, 5.74) is 1.53. The van der Waals surface area contributed by atoms with Crippen molar-refractivity contribution in [3.63, 3.8) is 0 Å². The fraction of sp³-hybridized carbons (Fsp3) is 0.625. The largest absolute Gasteiger partial charge is 0.255 e. The van der Waals surface area contributed by atoms with Gasteiger partial charge in [0, 0.05) is 11.6 Å². The summed E-state index contributed by atoms with van der Waals surface area (Å²) in [5.74, 6) is 0.205. The van der Waals surface area contributed by atoms with Crippen molar-refractivity contribution in [2.45, 2.75) is 31.4 Å². The van der Waals surface area contributed by atoms with E-state index in [9.17, 15) is 8.42 Å². The van der Waals surface area contributed by atoms with Gasteiger partial charge >= 0.3 is 0 Å². The average molecular weight is 279 g/mol. The number of hydrogen-bond acceptors (Lipinski definition) is 3. The maximum Gasteiger partial charge on any atom is 0.160 e. The first-order valence-corrected chi connectivity index (χ1v) is 6.98. The van der Waals surface area contributed by atoms with Crippen molar-refractivity contribution in [1.29, 1.82) is 0 Å². The van der Waals surface area contributed by atoms with Gasteiger partial charge < -0.3 is 0 Å². The SMILES string of the molecule is CC(C)n1nc2c(c1Br)CS(=O)(=O)C2. The summed E-state index contributed by atoms with van der Waals surface area (Å²) in [6.07, 6.45) is 0. The van der Waals surface area contributed by atoms with Gasteiger partial charge in [0.05, 0.1) is 17.2 Å². The highest BCUT2D eigenvalue weighted by Gasteiger charge is 2.31. The molecule has 1 aliphatic rings. The molecule has 0 saturated heterocycles. The normalized spacial score (nSPS) is 18.9. The first kappa shape index (κ1) is 10.2. The van der Waals surface area contributed by atoms with Gasteiger partial charge in [0.2, 0.25) is 0 Å². The molecule has 1 aromatic rings. The first-order valence-electron chi connectivity index (χ1n) is 4.37. The number of halogens is 1. The molecule has 14 heavy (non-hydrogen) atoms. The Morgan fingerprint density at radius 2 is 2.07 bits per heavy atom. The van der Waals surface area contributed by atoms with E-state index in [1.807, 2.05) is 18.5 Å². The van der Waals surface area contributed by atoms with E-state index in [1.54, 1.807) is 0 Å². The lowest BCUT2D eigenvalue weighted by atomic mass is 10.3. The minimum Gasteiger partial charge on any atom is -0.255 e. The number of fused-ring (bicyclic) bond motifs is 1. The molecule has 0 saturated carbocycles. The van der Waals surface area contributed by atoms with Gasteiger partial charge in [-0.1, -0.05) is 0 Å². The standard InChI is InChI=1S/C8H11BrN2O2S/c1-5(2)11-8(9)6-3-14(12,13)4-7(6)10-11/h5H,3-4H2,1-2H3. The van der Waals surface area contributed by atoms with Gasteiger partial charge in [-0.15, -0.1) is 0 Å². The van der Waals surface area contributed by atoms with Crippen LogP contribution in [0, 0.1) is 0 Å². The van der Waals surface area contributed by atoms with Crippen molar-refractivity contribution in [3.05, 3.63) is 15.9 Å². The summed E-state index contributed by atoms with van der Waals surface area (Å²) in [6.45, 7) is 4.03. The van der Waals surface area contributed by atoms with Crippen LogP contribution in [0.3, 0.4) is 0 Å². The number of nitrogens with zero attached hydrogens (tertiary/aromatic N) is 2. The van der Waals surface area contributed by atoms with Crippen molar-refractivity contribution in [2.75, 3.05) is 0 Å². The Bertz CT molecular complexity index is 476. The van der Waals surface area contributed by atoms with E-state index in [-0.39, 0.29) is 17.5 Å². The number of hydrogen-bond donors (Lipinski definition) is 0. The molecular weight excluding hydrogens is 268 g/mol. The third-order valence-electron chi connectivity index (χ3n) is 2.24. The van der Waals surface area contributed by atoms with Gasteiger partial charge in [-0.05, 0) is 29.8 Å². The molecule has 6 heteroatoms. The molecule has 0 aliphatic carbocycles. The highest BCUT2D eigenvalue weighted by atomic mass is 79.9. The van der Waals surface area contributed by atoms with Crippen molar-refractivity contribution < 1.29 is 8.42 Å². The maximum atomic E-state index is 11.3. The minimum atomic E-state index is -2.93. The van der Waals surface area contributed by atoms with Crippen LogP contribution in [0.2, 0.25) is 0 Å². The van der Waals surface area contributed by atoms with E-state index in [0.717, 1.165) is 10.2 Å². The molecule has 0 unspecified atom stereocenters. The molecule has 0 N–H and O–H groups in total. The van der Waals surface area contributed by atoms with Gasteiger partial charge in [-0.3, -0.25) is 4.68 Å². The van der Waals surface area contributed by atoms with E-state index in [2.05, 4.69) is 21.0 Å². The topological polar surface area (TPSA) is 52.0 Å². The molecule has 0 aromatic carbocycles. The maximum absolute atomic E-state index is 11.3. The van der Waals surface area contributed by atoms with E-state index in [4.69, 9.17) is 0 Å². The summed E-state index contributed by atoms with van der Waals surface area (Å²) >= 11 is 3.39. The summed E-state index contributed by atoms with van der Waals surface area (Å²) in [4.78, 5) is 0. The molecule has 0 bridgehead atoms. The summed E-state index contributed by atoms with van der Waals surface area (Å²) < 4.78 is 25.3. The van der Waals surface area contributed by atoms with Crippen LogP contribution in [0.1, 0.15) is 31.1 Å². The lowest BCUT2D eigenvalue weighted by Crippen LogP contribution is -2.06. The van der Waals surface area contributed by atoms with Gasteiger partial charge in [0.1, 0.15) is 4.60 Å². The predicted molar refractivity (Wildman–Crippen MR) is 56.6 cm³/mol. The zero-order chi connectivity index (χ0) is 10.5. The Morgan fingerprint density at radius 1 is 1.43 bits per heavy atom. The Labute approximate surface area is 91.4 Å². The second-order valence-electron chi connectivity index (χ2n) is 3.79. The van der Waals surface area contributed by atoms with Crippen molar-refractivity contribution in [2.24, 2.45) is 0 Å². The van der Waals surface area contributed by atoms with Crippen molar-refractivity contribution >= 4 is 25.8 Å². The van der Waals surface area contributed by atoms with E-state index < -0.39 is 9.84 Å². The Balaban J connectivity index is 2.51. The van der Waals surface area contributed by atoms with Crippen molar-refractivity contribution in [1.82, 2.24) is 9.78 Å². The number of aromatic nitrogens is 2. The lowest BCUT2D eigenvalue weighted by Gasteiger charge is -2.07. The minimum absolute atomic E-state index is 0.0840. The monoisotopic (exact) mass is 278 g/mol. The second kappa shape index (κ2) is 3.06. The number of rotatable bonds is 1. The third-order valence-corrected chi connectivity index (χ3v) is 4.52. The van der Waals surface area contributed by atoms with Crippen LogP contribution in [0.4, 0.5) is 0 Å². The van der Waals surface area contributed by atoms with Gasteiger partial charge in [0.25, 0.3) is 0 Å². The molecule has 78 valence electrons. The van der Waals surface area contributed by atoms with Crippen LogP contribution < -0.4 is 0 Å². The van der Waals surface area contributed by atoms with E-state index in [1.165, 1.54) is 0 Å². The second-order valence-corrected chi connectivity index (χ2v) is 6.60. The molecule has 0 radical (unpaired) electrons. The quantitative estimate of drug-likeness (QED) is 0.785. The Morgan fingerprint density at radius 3 is 2.57 bits per heavy atom. The molecule has 0 amide bonds. The van der Waals surface area contributed by atoms with Crippen LogP contribution in [-0.2, 0) is 21.3 Å². The zero-order valence-electron chi connectivity index (χ0n) is 7.99. The van der Waals surface area contributed by atoms with Crippen LogP contribution in [-0.4, -0.2) is 18.2 Å². The zero-order valence-corrected chi connectivity index (χ0v) is 10.4. The predicted octanol–water partition coefficient (Wildman–Crippen LogP) is 1.65. The van der Waals surface area contributed by atoms with Crippen LogP contribution in [0.25, 0.3) is 0 Å². The van der Waals surface area contributed by atoms with E-state index in [0.29, 0.717) is 5.69 Å². The van der Waals surface area contributed by atoms with E-state index >= 15 is 0 Å². The smallest absolute Gasteiger partial charge is 0.160 e. The molecule has 2 heterocycles. The molecule has 0 fully saturated rings. The molecule has 2 rings (SSSR count). The number of sulfone groups is 1. The average Bonchev–Trinajstić information content (AvgIpc) is 2.46. The van der Waals surface area contributed by atoms with Crippen LogP contribution >= 0.6 is 15.9 Å². The first-order chi connectivity index (χ1) is 6.41. The fourth-order valence-electron chi connectivity index (χ4n) is 1.57. The molecule has 4 nitrogen and oxygen atoms in total. The summed E-state index contributed by atoms with van der Waals surface area (Å²) in [7, 11) is -2.93. The fourth-order valence-corrected chi connectivity index (χ4v) is 4.11. The van der Waals surface area contributed by atoms with Crippen molar-refractivity contribution in [3.8, 4) is 0 Å². The lowest BCUT2D eigenvalue weighted by molar-refractivity contribution is 0.516. The van der Waals surface area contributed by atoms with Gasteiger partial charge in [-0.25, -0.2) is 8.42 Å². The molecule has 1 aromatic heterocycles. The highest BCUT2D eigenvalue weighted by molar-refractivity contribution is 9.10. The molecule has 0 spiro atoms. The van der Waals surface area contributed by atoms with Gasteiger partial charge in [0.15, 0.2) is 9.84 Å². The third kappa shape index (κ3) is 1.50. The van der Waals surface area contributed by atoms with Gasteiger partial charge in [-0.2, -0.15) is 5.10 Å². The molecular formula is C8H11BrN2O2S.